The van der Waals surface area contributed by atoms with E-state index in [2.05, 4.69) is 0 Å². The fraction of sp³-hybridized carbons (Fsp3) is 0.455. The molecule has 0 aliphatic rings. The van der Waals surface area contributed by atoms with Crippen molar-refractivity contribution in [2.24, 2.45) is 0 Å². The number of hydrogen-bond acceptors (Lipinski definition) is 3. The number of rotatable bonds is 4. The molecule has 0 fully saturated rings. The lowest BCUT2D eigenvalue weighted by molar-refractivity contribution is 0.0831. The lowest BCUT2D eigenvalue weighted by Gasteiger charge is -2.25. The lowest BCUT2D eigenvalue weighted by atomic mass is 10.0. The summed E-state index contributed by atoms with van der Waals surface area (Å²) in [5.41, 5.74) is 0.269. The van der Waals surface area contributed by atoms with E-state index in [1.54, 1.807) is 6.92 Å². The first-order chi connectivity index (χ1) is 7.43. The summed E-state index contributed by atoms with van der Waals surface area (Å²) < 4.78 is 24.4. The number of phenols is 2. The normalized spacial score (nSPS) is 13.4. The van der Waals surface area contributed by atoms with E-state index in [0.717, 1.165) is 0 Å². The van der Waals surface area contributed by atoms with Crippen LogP contribution in [0.2, 0.25) is 0 Å². The summed E-state index contributed by atoms with van der Waals surface area (Å²) in [6.45, 7) is 1.24. The van der Waals surface area contributed by atoms with E-state index in [1.165, 1.54) is 30.1 Å². The third-order valence-corrected chi connectivity index (χ3v) is 2.57. The first-order valence-electron chi connectivity index (χ1n) is 4.92. The summed E-state index contributed by atoms with van der Waals surface area (Å²) in [4.78, 5) is 1.37. The standard InChI is InChI=1S/C11H15F2NO2/c1-7(14(2)6-10(12)13)11-8(15)4-3-5-9(11)16/h3-5,7,10,15-16H,6H2,1-2H3. The van der Waals surface area contributed by atoms with Crippen LogP contribution in [0.15, 0.2) is 18.2 Å². The second kappa shape index (κ2) is 5.12. The molecule has 3 nitrogen and oxygen atoms in total. The Labute approximate surface area is 92.9 Å². The molecule has 0 saturated heterocycles. The van der Waals surface area contributed by atoms with E-state index < -0.39 is 19.0 Å². The van der Waals surface area contributed by atoms with Crippen molar-refractivity contribution < 1.29 is 19.0 Å². The van der Waals surface area contributed by atoms with Gasteiger partial charge in [0.15, 0.2) is 0 Å². The third kappa shape index (κ3) is 2.82. The number of aromatic hydroxyl groups is 2. The maximum Gasteiger partial charge on any atom is 0.251 e. The minimum Gasteiger partial charge on any atom is -0.507 e. The predicted octanol–water partition coefficient (Wildman–Crippen LogP) is 2.36. The van der Waals surface area contributed by atoms with Gasteiger partial charge in [0.25, 0.3) is 6.43 Å². The number of hydrogen-bond donors (Lipinski definition) is 2. The molecule has 2 N–H and O–H groups in total. The van der Waals surface area contributed by atoms with Gasteiger partial charge in [0.05, 0.1) is 12.1 Å². The third-order valence-electron chi connectivity index (χ3n) is 2.57. The molecule has 0 aliphatic carbocycles. The first-order valence-corrected chi connectivity index (χ1v) is 4.92. The maximum absolute atomic E-state index is 12.2. The van der Waals surface area contributed by atoms with Crippen molar-refractivity contribution in [3.8, 4) is 11.5 Å². The van der Waals surface area contributed by atoms with Crippen LogP contribution in [0, 0.1) is 0 Å². The average Bonchev–Trinajstić information content (AvgIpc) is 2.16. The van der Waals surface area contributed by atoms with E-state index in [0.29, 0.717) is 0 Å². The van der Waals surface area contributed by atoms with Crippen molar-refractivity contribution in [1.82, 2.24) is 4.90 Å². The number of halogens is 2. The van der Waals surface area contributed by atoms with E-state index in [4.69, 9.17) is 0 Å². The van der Waals surface area contributed by atoms with E-state index in [-0.39, 0.29) is 17.1 Å². The van der Waals surface area contributed by atoms with Crippen molar-refractivity contribution in [1.29, 1.82) is 0 Å². The van der Waals surface area contributed by atoms with Crippen molar-refractivity contribution in [3.63, 3.8) is 0 Å². The fourth-order valence-electron chi connectivity index (χ4n) is 1.57. The Balaban J connectivity index is 2.91. The number of phenolic OH excluding ortho intramolecular Hbond substituents is 2. The highest BCUT2D eigenvalue weighted by Gasteiger charge is 2.21. The van der Waals surface area contributed by atoms with E-state index in [9.17, 15) is 19.0 Å². The summed E-state index contributed by atoms with van der Waals surface area (Å²) in [5, 5.41) is 19.1. The zero-order chi connectivity index (χ0) is 12.3. The predicted molar refractivity (Wildman–Crippen MR) is 56.8 cm³/mol. The van der Waals surface area contributed by atoms with E-state index >= 15 is 0 Å². The molecular weight excluding hydrogens is 216 g/mol. The second-order valence-electron chi connectivity index (χ2n) is 3.72. The van der Waals surface area contributed by atoms with Crippen LogP contribution in [0.5, 0.6) is 11.5 Å². The van der Waals surface area contributed by atoms with Crippen molar-refractivity contribution in [2.75, 3.05) is 13.6 Å². The van der Waals surface area contributed by atoms with Gasteiger partial charge >= 0.3 is 0 Å². The van der Waals surface area contributed by atoms with Crippen LogP contribution in [0.4, 0.5) is 8.78 Å². The van der Waals surface area contributed by atoms with Gasteiger partial charge in [-0.1, -0.05) is 6.07 Å². The summed E-state index contributed by atoms with van der Waals surface area (Å²) in [5.74, 6) is -0.178. The highest BCUT2D eigenvalue weighted by molar-refractivity contribution is 5.44. The quantitative estimate of drug-likeness (QED) is 0.836. The highest BCUT2D eigenvalue weighted by Crippen LogP contribution is 2.34. The Morgan fingerprint density at radius 3 is 2.19 bits per heavy atom. The summed E-state index contributed by atoms with van der Waals surface area (Å²) in [6, 6.07) is 3.85. The van der Waals surface area contributed by atoms with Crippen LogP contribution >= 0.6 is 0 Å². The van der Waals surface area contributed by atoms with Gasteiger partial charge in [0.1, 0.15) is 11.5 Å². The molecule has 90 valence electrons. The Morgan fingerprint density at radius 1 is 1.25 bits per heavy atom. The minimum atomic E-state index is -2.44. The monoisotopic (exact) mass is 231 g/mol. The zero-order valence-electron chi connectivity index (χ0n) is 9.19. The van der Waals surface area contributed by atoms with Gasteiger partial charge in [-0.25, -0.2) is 8.78 Å². The number of alkyl halides is 2. The molecule has 16 heavy (non-hydrogen) atoms. The Hall–Kier alpha value is -1.36. The highest BCUT2D eigenvalue weighted by atomic mass is 19.3. The van der Waals surface area contributed by atoms with Gasteiger partial charge in [-0.3, -0.25) is 4.90 Å². The van der Waals surface area contributed by atoms with Crippen LogP contribution in [-0.2, 0) is 0 Å². The molecule has 0 amide bonds. The Bertz CT molecular complexity index is 338. The Morgan fingerprint density at radius 2 is 1.75 bits per heavy atom. The van der Waals surface area contributed by atoms with Crippen LogP contribution in [0.1, 0.15) is 18.5 Å². The number of benzene rings is 1. The molecule has 0 spiro atoms. The molecule has 1 aromatic carbocycles. The SMILES string of the molecule is CC(c1c(O)cccc1O)N(C)CC(F)F. The summed E-state index contributed by atoms with van der Waals surface area (Å²) >= 11 is 0. The van der Waals surface area contributed by atoms with Gasteiger partial charge in [-0.2, -0.15) is 0 Å². The first kappa shape index (κ1) is 12.7. The summed E-state index contributed by atoms with van der Waals surface area (Å²) in [7, 11) is 1.52. The molecule has 5 heteroatoms. The molecule has 1 atom stereocenters. The second-order valence-corrected chi connectivity index (χ2v) is 3.72. The van der Waals surface area contributed by atoms with Crippen LogP contribution in [0.25, 0.3) is 0 Å². The van der Waals surface area contributed by atoms with Gasteiger partial charge in [-0.15, -0.1) is 0 Å². The molecule has 1 rings (SSSR count). The molecule has 0 radical (unpaired) electrons. The summed E-state index contributed by atoms with van der Waals surface area (Å²) in [6.07, 6.45) is -2.44. The maximum atomic E-state index is 12.2. The topological polar surface area (TPSA) is 43.7 Å². The van der Waals surface area contributed by atoms with Gasteiger partial charge < -0.3 is 10.2 Å². The lowest BCUT2D eigenvalue weighted by Crippen LogP contribution is -2.27. The average molecular weight is 231 g/mol. The molecule has 0 bridgehead atoms. The molecule has 0 heterocycles. The minimum absolute atomic E-state index is 0.0892. The number of nitrogens with zero attached hydrogens (tertiary/aromatic N) is 1. The van der Waals surface area contributed by atoms with Gasteiger partial charge in [-0.05, 0) is 26.1 Å². The Kier molecular flexibility index (Phi) is 4.06. The molecule has 0 aromatic heterocycles. The molecule has 0 saturated carbocycles. The fourth-order valence-corrected chi connectivity index (χ4v) is 1.57. The molecule has 1 unspecified atom stereocenters. The largest absolute Gasteiger partial charge is 0.507 e. The van der Waals surface area contributed by atoms with Crippen molar-refractivity contribution >= 4 is 0 Å². The van der Waals surface area contributed by atoms with Crippen LogP contribution in [0.3, 0.4) is 0 Å². The smallest absolute Gasteiger partial charge is 0.251 e. The molecule has 0 aliphatic heterocycles. The van der Waals surface area contributed by atoms with Crippen molar-refractivity contribution in [3.05, 3.63) is 23.8 Å². The zero-order valence-corrected chi connectivity index (χ0v) is 9.19. The van der Waals surface area contributed by atoms with Gasteiger partial charge in [0.2, 0.25) is 0 Å². The van der Waals surface area contributed by atoms with Gasteiger partial charge in [0, 0.05) is 6.04 Å². The molecule has 1 aromatic rings. The van der Waals surface area contributed by atoms with E-state index in [1.807, 2.05) is 0 Å². The molecular formula is C11H15F2NO2. The van der Waals surface area contributed by atoms with Crippen molar-refractivity contribution in [2.45, 2.75) is 19.4 Å². The van der Waals surface area contributed by atoms with Crippen LogP contribution < -0.4 is 0 Å². The van der Waals surface area contributed by atoms with Crippen LogP contribution in [-0.4, -0.2) is 35.1 Å².